The van der Waals surface area contributed by atoms with E-state index in [1.54, 1.807) is 16.8 Å². The van der Waals surface area contributed by atoms with Crippen LogP contribution in [0.3, 0.4) is 0 Å². The molecule has 0 atom stereocenters. The Balaban J connectivity index is 1.43. The predicted octanol–water partition coefficient (Wildman–Crippen LogP) is 3.07. The minimum absolute atomic E-state index is 0.131. The van der Waals surface area contributed by atoms with Crippen LogP contribution in [0.15, 0.2) is 77.9 Å². The summed E-state index contributed by atoms with van der Waals surface area (Å²) in [5.74, 6) is -0.584. The van der Waals surface area contributed by atoms with Crippen molar-refractivity contribution in [2.45, 2.75) is 13.5 Å². The van der Waals surface area contributed by atoms with Gasteiger partial charge in [-0.05, 0) is 25.1 Å². The van der Waals surface area contributed by atoms with E-state index in [-0.39, 0.29) is 17.7 Å². The van der Waals surface area contributed by atoms with Crippen molar-refractivity contribution >= 4 is 17.3 Å². The molecule has 0 bridgehead atoms. The highest BCUT2D eigenvalue weighted by molar-refractivity contribution is 5.95. The number of carbonyl (C=O) groups is 1. The molecule has 4 aromatic heterocycles. The highest BCUT2D eigenvalue weighted by Crippen LogP contribution is 2.21. The van der Waals surface area contributed by atoms with E-state index >= 15 is 0 Å². The van der Waals surface area contributed by atoms with Gasteiger partial charge in [-0.1, -0.05) is 36.4 Å². The Morgan fingerprint density at radius 1 is 1.06 bits per heavy atom. The van der Waals surface area contributed by atoms with Gasteiger partial charge in [-0.25, -0.2) is 19.3 Å². The minimum atomic E-state index is -0.584. The number of carbonyl (C=O) groups excluding carboxylic acids is 1. The third-order valence-corrected chi connectivity index (χ3v) is 4.98. The van der Waals surface area contributed by atoms with E-state index in [1.165, 1.54) is 16.7 Å². The van der Waals surface area contributed by atoms with Crippen LogP contribution in [0.5, 0.6) is 0 Å². The second kappa shape index (κ2) is 7.49. The van der Waals surface area contributed by atoms with E-state index in [9.17, 15) is 9.59 Å². The lowest BCUT2D eigenvalue weighted by molar-refractivity contribution is 0.0469. The summed E-state index contributed by atoms with van der Waals surface area (Å²) in [6, 6.07) is 18.3. The fourth-order valence-electron chi connectivity index (χ4n) is 3.52. The Morgan fingerprint density at radius 3 is 2.74 bits per heavy atom. The van der Waals surface area contributed by atoms with Gasteiger partial charge in [-0.3, -0.25) is 9.20 Å². The van der Waals surface area contributed by atoms with Crippen LogP contribution in [0.2, 0.25) is 0 Å². The van der Waals surface area contributed by atoms with Crippen molar-refractivity contribution < 1.29 is 9.53 Å². The smallest absolute Gasteiger partial charge is 0.344 e. The first-order chi connectivity index (χ1) is 15.1. The maximum absolute atomic E-state index is 12.7. The molecule has 0 amide bonds. The van der Waals surface area contributed by atoms with E-state index < -0.39 is 5.97 Å². The van der Waals surface area contributed by atoms with Gasteiger partial charge in [0, 0.05) is 23.5 Å². The third kappa shape index (κ3) is 3.33. The van der Waals surface area contributed by atoms with E-state index in [4.69, 9.17) is 4.74 Å². The molecule has 0 saturated heterocycles. The number of aryl methyl sites for hydroxylation is 1. The number of aromatic nitrogens is 5. The molecular formula is C23H17N5O3. The molecule has 0 spiro atoms. The molecule has 0 N–H and O–H groups in total. The topological polar surface area (TPSA) is 90.9 Å². The normalized spacial score (nSPS) is 11.1. The van der Waals surface area contributed by atoms with Gasteiger partial charge in [-0.2, -0.15) is 5.10 Å². The summed E-state index contributed by atoms with van der Waals surface area (Å²) in [6.07, 6.45) is 3.06. The number of esters is 1. The minimum Gasteiger partial charge on any atom is -0.455 e. The van der Waals surface area contributed by atoms with E-state index in [0.29, 0.717) is 17.0 Å². The van der Waals surface area contributed by atoms with Gasteiger partial charge in [0.25, 0.3) is 5.56 Å². The first-order valence-electron chi connectivity index (χ1n) is 9.65. The van der Waals surface area contributed by atoms with Crippen molar-refractivity contribution in [2.24, 2.45) is 0 Å². The van der Waals surface area contributed by atoms with Crippen LogP contribution in [0.4, 0.5) is 0 Å². The second-order valence-corrected chi connectivity index (χ2v) is 7.01. The molecular weight excluding hydrogens is 394 g/mol. The number of fused-ring (bicyclic) bond motifs is 2. The van der Waals surface area contributed by atoms with Crippen molar-refractivity contribution in [1.29, 1.82) is 0 Å². The Bertz CT molecular complexity index is 1490. The molecule has 0 fully saturated rings. The molecule has 0 saturated carbocycles. The molecule has 0 aliphatic carbocycles. The van der Waals surface area contributed by atoms with Crippen LogP contribution in [0.1, 0.15) is 21.7 Å². The third-order valence-electron chi connectivity index (χ3n) is 4.98. The summed E-state index contributed by atoms with van der Waals surface area (Å²) in [7, 11) is 0. The maximum atomic E-state index is 12.7. The molecule has 5 aromatic rings. The average molecular weight is 411 g/mol. The molecule has 0 aliphatic heterocycles. The zero-order valence-electron chi connectivity index (χ0n) is 16.6. The Labute approximate surface area is 176 Å². The van der Waals surface area contributed by atoms with E-state index in [0.717, 1.165) is 17.0 Å². The molecule has 0 aliphatic rings. The summed E-state index contributed by atoms with van der Waals surface area (Å²) in [4.78, 5) is 33.8. The van der Waals surface area contributed by atoms with Crippen molar-refractivity contribution in [3.05, 3.63) is 100 Å². The largest absolute Gasteiger partial charge is 0.455 e. The first-order valence-corrected chi connectivity index (χ1v) is 9.65. The molecule has 152 valence electrons. The lowest BCUT2D eigenvalue weighted by atomic mass is 10.1. The highest BCUT2D eigenvalue weighted by atomic mass is 16.5. The van der Waals surface area contributed by atoms with Gasteiger partial charge in [-0.15, -0.1) is 0 Å². The summed E-state index contributed by atoms with van der Waals surface area (Å²) >= 11 is 0. The van der Waals surface area contributed by atoms with E-state index in [1.807, 2.05) is 55.5 Å². The van der Waals surface area contributed by atoms with Crippen LogP contribution in [0.25, 0.3) is 22.6 Å². The molecule has 31 heavy (non-hydrogen) atoms. The molecule has 4 heterocycles. The fourth-order valence-corrected chi connectivity index (χ4v) is 3.52. The number of rotatable bonds is 4. The summed E-state index contributed by atoms with van der Waals surface area (Å²) < 4.78 is 8.53. The fraction of sp³-hybridized carbons (Fsp3) is 0.0870. The molecule has 1 aromatic carbocycles. The highest BCUT2D eigenvalue weighted by Gasteiger charge is 2.18. The number of benzene rings is 1. The van der Waals surface area contributed by atoms with Gasteiger partial charge in [0.05, 0.1) is 17.6 Å². The molecule has 5 rings (SSSR count). The summed E-state index contributed by atoms with van der Waals surface area (Å²) in [5.41, 5.74) is 3.84. The number of ether oxygens (including phenoxy) is 1. The predicted molar refractivity (Wildman–Crippen MR) is 114 cm³/mol. The molecule has 0 unspecified atom stereocenters. The zero-order chi connectivity index (χ0) is 21.4. The Morgan fingerprint density at radius 2 is 1.90 bits per heavy atom. The zero-order valence-corrected chi connectivity index (χ0v) is 16.6. The van der Waals surface area contributed by atoms with Gasteiger partial charge in [0.15, 0.2) is 5.65 Å². The number of hydrogen-bond donors (Lipinski definition) is 0. The van der Waals surface area contributed by atoms with E-state index in [2.05, 4.69) is 15.1 Å². The SMILES string of the molecule is Cc1cccc2nc(COC(=O)c3cnn4c(-c5ccccc5)ccnc34)cc(=O)n12. The van der Waals surface area contributed by atoms with Gasteiger partial charge >= 0.3 is 5.97 Å². The van der Waals surface area contributed by atoms with Crippen molar-refractivity contribution in [1.82, 2.24) is 24.0 Å². The second-order valence-electron chi connectivity index (χ2n) is 7.01. The van der Waals surface area contributed by atoms with Gasteiger partial charge < -0.3 is 4.74 Å². The lowest BCUT2D eigenvalue weighted by Crippen LogP contribution is -2.18. The van der Waals surface area contributed by atoms with Crippen LogP contribution < -0.4 is 5.56 Å². The molecule has 0 radical (unpaired) electrons. The van der Waals surface area contributed by atoms with Gasteiger partial charge in [0.1, 0.15) is 17.8 Å². The standard InChI is InChI=1S/C23H17N5O3/c1-15-6-5-9-20-26-17(12-21(29)27(15)20)14-31-23(30)18-13-25-28-19(10-11-24-22(18)28)16-7-3-2-4-8-16/h2-13H,14H2,1H3. The van der Waals surface area contributed by atoms with Crippen molar-refractivity contribution in [2.75, 3.05) is 0 Å². The Hall–Kier alpha value is -4.33. The Kier molecular flexibility index (Phi) is 4.51. The number of nitrogens with zero attached hydrogens (tertiary/aromatic N) is 5. The lowest BCUT2D eigenvalue weighted by Gasteiger charge is -2.07. The van der Waals surface area contributed by atoms with Crippen LogP contribution >= 0.6 is 0 Å². The summed E-state index contributed by atoms with van der Waals surface area (Å²) in [5, 5.41) is 4.32. The number of hydrogen-bond acceptors (Lipinski definition) is 6. The van der Waals surface area contributed by atoms with Crippen molar-refractivity contribution in [3.63, 3.8) is 0 Å². The molecule has 8 nitrogen and oxygen atoms in total. The number of pyridine rings is 1. The van der Waals surface area contributed by atoms with Crippen LogP contribution in [0, 0.1) is 6.92 Å². The summed E-state index contributed by atoms with van der Waals surface area (Å²) in [6.45, 7) is 1.70. The van der Waals surface area contributed by atoms with Crippen molar-refractivity contribution in [3.8, 4) is 11.3 Å². The maximum Gasteiger partial charge on any atom is 0.344 e. The first kappa shape index (κ1) is 18.7. The van der Waals surface area contributed by atoms with Gasteiger partial charge in [0.2, 0.25) is 0 Å². The average Bonchev–Trinajstić information content (AvgIpc) is 3.22. The monoisotopic (exact) mass is 411 g/mol. The van der Waals surface area contributed by atoms with Crippen LogP contribution in [-0.2, 0) is 11.3 Å². The molecule has 8 heteroatoms. The quantitative estimate of drug-likeness (QED) is 0.422. The van der Waals surface area contributed by atoms with Crippen LogP contribution in [-0.4, -0.2) is 30.0 Å².